The van der Waals surface area contributed by atoms with E-state index >= 15 is 0 Å². The van der Waals surface area contributed by atoms with Gasteiger partial charge in [-0.1, -0.05) is 6.92 Å². The number of halogens is 1. The number of anilines is 2. The molecule has 1 N–H and O–H groups in total. The number of hydrogen-bond donors (Lipinski definition) is 1. The molecule has 17 heavy (non-hydrogen) atoms. The Hall–Kier alpha value is -1.39. The van der Waals surface area contributed by atoms with Crippen molar-refractivity contribution >= 4 is 11.8 Å². The van der Waals surface area contributed by atoms with Crippen LogP contribution in [-0.2, 0) is 0 Å². The van der Waals surface area contributed by atoms with Gasteiger partial charge in [0.1, 0.15) is 0 Å². The zero-order valence-electron chi connectivity index (χ0n) is 10.4. The van der Waals surface area contributed by atoms with Crippen LogP contribution in [0.1, 0.15) is 26.7 Å². The molecule has 1 unspecified atom stereocenters. The summed E-state index contributed by atoms with van der Waals surface area (Å²) in [4.78, 5) is 10.2. The van der Waals surface area contributed by atoms with Crippen LogP contribution in [0.4, 0.5) is 16.2 Å². The minimum absolute atomic E-state index is 0.333. The zero-order valence-corrected chi connectivity index (χ0v) is 10.4. The van der Waals surface area contributed by atoms with Crippen molar-refractivity contribution in [3.8, 4) is 0 Å². The zero-order chi connectivity index (χ0) is 12.3. The second-order valence-electron chi connectivity index (χ2n) is 4.59. The molecule has 4 nitrogen and oxygen atoms in total. The van der Waals surface area contributed by atoms with Crippen LogP contribution in [-0.4, -0.2) is 29.6 Å². The number of nitrogens with zero attached hydrogens (tertiary/aromatic N) is 3. The molecule has 1 aliphatic rings. The molecular formula is C12H19FN4. The second kappa shape index (κ2) is 5.29. The van der Waals surface area contributed by atoms with E-state index in [1.54, 1.807) is 0 Å². The van der Waals surface area contributed by atoms with Gasteiger partial charge in [0.25, 0.3) is 0 Å². The van der Waals surface area contributed by atoms with E-state index in [1.165, 1.54) is 12.6 Å². The van der Waals surface area contributed by atoms with E-state index in [0.717, 1.165) is 26.1 Å². The number of aromatic nitrogens is 2. The third kappa shape index (κ3) is 2.84. The van der Waals surface area contributed by atoms with Crippen LogP contribution in [0, 0.1) is 11.7 Å². The molecule has 0 aliphatic carbocycles. The molecule has 0 spiro atoms. The molecule has 2 rings (SSSR count). The van der Waals surface area contributed by atoms with E-state index in [9.17, 15) is 4.39 Å². The average Bonchev–Trinajstić information content (AvgIpc) is 2.32. The highest BCUT2D eigenvalue weighted by atomic mass is 19.1. The first-order chi connectivity index (χ1) is 8.20. The van der Waals surface area contributed by atoms with Crippen LogP contribution in [0.15, 0.2) is 6.20 Å². The Morgan fingerprint density at radius 2 is 2.41 bits per heavy atom. The highest BCUT2D eigenvalue weighted by molar-refractivity contribution is 5.44. The standard InChI is InChI=1S/C12H19FN4/c1-3-14-12-15-7-10(13)11(16-12)17-6-4-5-9(2)8-17/h7,9H,3-6,8H2,1-2H3,(H,14,15,16). The molecule has 1 atom stereocenters. The molecule has 5 heteroatoms. The Labute approximate surface area is 101 Å². The van der Waals surface area contributed by atoms with Crippen molar-refractivity contribution in [2.75, 3.05) is 29.9 Å². The molecule has 0 aromatic carbocycles. The summed E-state index contributed by atoms with van der Waals surface area (Å²) in [5.74, 6) is 1.20. The Morgan fingerprint density at radius 3 is 3.12 bits per heavy atom. The lowest BCUT2D eigenvalue weighted by atomic mass is 10.0. The van der Waals surface area contributed by atoms with Gasteiger partial charge in [-0.05, 0) is 25.7 Å². The van der Waals surface area contributed by atoms with Gasteiger partial charge >= 0.3 is 0 Å². The molecule has 0 radical (unpaired) electrons. The summed E-state index contributed by atoms with van der Waals surface area (Å²) in [5.41, 5.74) is 0. The summed E-state index contributed by atoms with van der Waals surface area (Å²) >= 11 is 0. The maximum atomic E-state index is 13.7. The van der Waals surface area contributed by atoms with E-state index in [0.29, 0.717) is 17.7 Å². The Kier molecular flexibility index (Phi) is 3.76. The molecule has 1 fully saturated rings. The van der Waals surface area contributed by atoms with Gasteiger partial charge in [0, 0.05) is 19.6 Å². The van der Waals surface area contributed by atoms with E-state index in [-0.39, 0.29) is 5.82 Å². The summed E-state index contributed by atoms with van der Waals surface area (Å²) in [6, 6.07) is 0. The Balaban J connectivity index is 2.20. The van der Waals surface area contributed by atoms with Crippen molar-refractivity contribution in [3.05, 3.63) is 12.0 Å². The third-order valence-corrected chi connectivity index (χ3v) is 3.02. The lowest BCUT2D eigenvalue weighted by Crippen LogP contribution is -2.35. The van der Waals surface area contributed by atoms with Crippen molar-refractivity contribution in [2.45, 2.75) is 26.7 Å². The molecule has 0 saturated carbocycles. The van der Waals surface area contributed by atoms with Gasteiger partial charge in [0.2, 0.25) is 5.95 Å². The van der Waals surface area contributed by atoms with E-state index in [2.05, 4.69) is 22.2 Å². The third-order valence-electron chi connectivity index (χ3n) is 3.02. The molecular weight excluding hydrogens is 219 g/mol. The number of rotatable bonds is 3. The summed E-state index contributed by atoms with van der Waals surface area (Å²) in [7, 11) is 0. The Bertz CT molecular complexity index is 383. The van der Waals surface area contributed by atoms with Crippen LogP contribution in [0.3, 0.4) is 0 Å². The Morgan fingerprint density at radius 1 is 1.59 bits per heavy atom. The van der Waals surface area contributed by atoms with Gasteiger partial charge in [-0.15, -0.1) is 0 Å². The molecule has 0 bridgehead atoms. The van der Waals surface area contributed by atoms with E-state index in [4.69, 9.17) is 0 Å². The normalized spacial score (nSPS) is 20.4. The first-order valence-corrected chi connectivity index (χ1v) is 6.22. The fourth-order valence-electron chi connectivity index (χ4n) is 2.20. The summed E-state index contributed by atoms with van der Waals surface area (Å²) in [6.07, 6.45) is 3.56. The van der Waals surface area contributed by atoms with Crippen LogP contribution >= 0.6 is 0 Å². The minimum Gasteiger partial charge on any atom is -0.354 e. The topological polar surface area (TPSA) is 41.1 Å². The van der Waals surface area contributed by atoms with Crippen molar-refractivity contribution in [2.24, 2.45) is 5.92 Å². The van der Waals surface area contributed by atoms with Crippen LogP contribution in [0.25, 0.3) is 0 Å². The quantitative estimate of drug-likeness (QED) is 0.877. The van der Waals surface area contributed by atoms with Crippen molar-refractivity contribution < 1.29 is 4.39 Å². The summed E-state index contributed by atoms with van der Waals surface area (Å²) in [6.45, 7) is 6.65. The predicted octanol–water partition coefficient (Wildman–Crippen LogP) is 2.28. The van der Waals surface area contributed by atoms with Crippen LogP contribution in [0.2, 0.25) is 0 Å². The highest BCUT2D eigenvalue weighted by Crippen LogP contribution is 2.23. The summed E-state index contributed by atoms with van der Waals surface area (Å²) < 4.78 is 13.7. The average molecular weight is 238 g/mol. The number of piperidine rings is 1. The number of hydrogen-bond acceptors (Lipinski definition) is 4. The van der Waals surface area contributed by atoms with Crippen LogP contribution < -0.4 is 10.2 Å². The molecule has 0 amide bonds. The monoisotopic (exact) mass is 238 g/mol. The maximum Gasteiger partial charge on any atom is 0.224 e. The fourth-order valence-corrected chi connectivity index (χ4v) is 2.20. The highest BCUT2D eigenvalue weighted by Gasteiger charge is 2.21. The maximum absolute atomic E-state index is 13.7. The van der Waals surface area contributed by atoms with Crippen molar-refractivity contribution in [1.29, 1.82) is 0 Å². The molecule has 1 saturated heterocycles. The van der Waals surface area contributed by atoms with Gasteiger partial charge in [-0.2, -0.15) is 4.98 Å². The molecule has 2 heterocycles. The second-order valence-corrected chi connectivity index (χ2v) is 4.59. The summed E-state index contributed by atoms with van der Waals surface area (Å²) in [5, 5.41) is 3.01. The lowest BCUT2D eigenvalue weighted by Gasteiger charge is -2.32. The van der Waals surface area contributed by atoms with Crippen molar-refractivity contribution in [1.82, 2.24) is 9.97 Å². The van der Waals surface area contributed by atoms with Crippen molar-refractivity contribution in [3.63, 3.8) is 0 Å². The number of nitrogens with one attached hydrogen (secondary N) is 1. The SMILES string of the molecule is CCNc1ncc(F)c(N2CCCC(C)C2)n1. The van der Waals surface area contributed by atoms with E-state index < -0.39 is 0 Å². The van der Waals surface area contributed by atoms with Gasteiger partial charge in [-0.3, -0.25) is 0 Å². The largest absolute Gasteiger partial charge is 0.354 e. The van der Waals surface area contributed by atoms with Gasteiger partial charge in [0.15, 0.2) is 11.6 Å². The van der Waals surface area contributed by atoms with Crippen LogP contribution in [0.5, 0.6) is 0 Å². The van der Waals surface area contributed by atoms with Gasteiger partial charge < -0.3 is 10.2 Å². The molecule has 1 aromatic heterocycles. The molecule has 1 aromatic rings. The molecule has 94 valence electrons. The first-order valence-electron chi connectivity index (χ1n) is 6.22. The van der Waals surface area contributed by atoms with Gasteiger partial charge in [0.05, 0.1) is 6.20 Å². The first kappa shape index (κ1) is 12.1. The fraction of sp³-hybridized carbons (Fsp3) is 0.667. The lowest BCUT2D eigenvalue weighted by molar-refractivity contribution is 0.438. The smallest absolute Gasteiger partial charge is 0.224 e. The van der Waals surface area contributed by atoms with Gasteiger partial charge in [-0.25, -0.2) is 9.37 Å². The predicted molar refractivity (Wildman–Crippen MR) is 66.8 cm³/mol. The molecule has 1 aliphatic heterocycles. The minimum atomic E-state index is -0.333. The van der Waals surface area contributed by atoms with E-state index in [1.807, 2.05) is 11.8 Å².